The van der Waals surface area contributed by atoms with Crippen LogP contribution in [0.3, 0.4) is 0 Å². The van der Waals surface area contributed by atoms with Crippen LogP contribution in [0.1, 0.15) is 43.0 Å². The van der Waals surface area contributed by atoms with Gasteiger partial charge in [-0.2, -0.15) is 0 Å². The van der Waals surface area contributed by atoms with Crippen molar-refractivity contribution in [3.05, 3.63) is 29.8 Å². The van der Waals surface area contributed by atoms with E-state index in [4.69, 9.17) is 4.74 Å². The lowest BCUT2D eigenvalue weighted by atomic mass is 10.2. The van der Waals surface area contributed by atoms with Crippen LogP contribution in [0.4, 0.5) is 0 Å². The molecule has 0 spiro atoms. The number of carbonyl (C=O) groups is 2. The molecule has 0 aliphatic heterocycles. The largest absolute Gasteiger partial charge is 0.494 e. The second-order valence-corrected chi connectivity index (χ2v) is 5.89. The maximum atomic E-state index is 11.3. The smallest absolute Gasteiger partial charge is 0.337 e. The van der Waals surface area contributed by atoms with Gasteiger partial charge in [0.25, 0.3) is 0 Å². The molecule has 0 N–H and O–H groups in total. The quantitative estimate of drug-likeness (QED) is 0.514. The molecule has 1 aromatic rings. The van der Waals surface area contributed by atoms with Crippen molar-refractivity contribution in [2.75, 3.05) is 19.5 Å². The highest BCUT2D eigenvalue weighted by molar-refractivity contribution is 8.13. The summed E-state index contributed by atoms with van der Waals surface area (Å²) < 4.78 is 10.2. The fraction of sp³-hybridized carbons (Fsp3) is 0.500. The van der Waals surface area contributed by atoms with Crippen molar-refractivity contribution in [3.63, 3.8) is 0 Å². The van der Waals surface area contributed by atoms with Gasteiger partial charge in [-0.25, -0.2) is 4.79 Å². The Bertz CT molecular complexity index is 442. The SMILES string of the molecule is COC(=O)c1ccc(OCCCCCCSC(C)=O)cc1. The van der Waals surface area contributed by atoms with E-state index in [1.54, 1.807) is 31.2 Å². The minimum Gasteiger partial charge on any atom is -0.494 e. The third-order valence-electron chi connectivity index (χ3n) is 2.89. The second-order valence-electron chi connectivity index (χ2n) is 4.62. The first kappa shape index (κ1) is 17.6. The average Bonchev–Trinajstić information content (AvgIpc) is 2.49. The maximum absolute atomic E-state index is 11.3. The molecule has 21 heavy (non-hydrogen) atoms. The van der Waals surface area contributed by atoms with E-state index in [1.807, 2.05) is 0 Å². The summed E-state index contributed by atoms with van der Waals surface area (Å²) in [6, 6.07) is 6.94. The number of methoxy groups -OCH3 is 1. The van der Waals surface area contributed by atoms with Gasteiger partial charge in [0.15, 0.2) is 5.12 Å². The highest BCUT2D eigenvalue weighted by Gasteiger charge is 2.04. The van der Waals surface area contributed by atoms with Crippen LogP contribution < -0.4 is 4.74 Å². The van der Waals surface area contributed by atoms with Gasteiger partial charge in [-0.05, 0) is 37.1 Å². The summed E-state index contributed by atoms with van der Waals surface area (Å²) in [7, 11) is 1.36. The molecule has 0 unspecified atom stereocenters. The van der Waals surface area contributed by atoms with Gasteiger partial charge in [0.2, 0.25) is 0 Å². The highest BCUT2D eigenvalue weighted by Crippen LogP contribution is 2.14. The fourth-order valence-corrected chi connectivity index (χ4v) is 2.40. The molecule has 0 atom stereocenters. The number of benzene rings is 1. The van der Waals surface area contributed by atoms with Gasteiger partial charge in [-0.15, -0.1) is 0 Å². The molecule has 0 aromatic heterocycles. The third-order valence-corrected chi connectivity index (χ3v) is 3.79. The van der Waals surface area contributed by atoms with E-state index in [0.717, 1.165) is 37.2 Å². The van der Waals surface area contributed by atoms with Gasteiger partial charge in [-0.3, -0.25) is 4.79 Å². The Labute approximate surface area is 130 Å². The Hall–Kier alpha value is -1.49. The molecule has 0 fully saturated rings. The molecular weight excluding hydrogens is 288 g/mol. The van der Waals surface area contributed by atoms with E-state index in [-0.39, 0.29) is 11.1 Å². The van der Waals surface area contributed by atoms with Crippen molar-refractivity contribution in [2.45, 2.75) is 32.6 Å². The van der Waals surface area contributed by atoms with Crippen molar-refractivity contribution in [3.8, 4) is 5.75 Å². The van der Waals surface area contributed by atoms with E-state index in [9.17, 15) is 9.59 Å². The zero-order chi connectivity index (χ0) is 15.5. The summed E-state index contributed by atoms with van der Waals surface area (Å²) in [5.41, 5.74) is 0.521. The Kier molecular flexibility index (Phi) is 8.59. The summed E-state index contributed by atoms with van der Waals surface area (Å²) in [5.74, 6) is 1.32. The first-order valence-electron chi connectivity index (χ1n) is 7.08. The van der Waals surface area contributed by atoms with Crippen LogP contribution in [0, 0.1) is 0 Å². The van der Waals surface area contributed by atoms with Gasteiger partial charge in [0.1, 0.15) is 5.75 Å². The van der Waals surface area contributed by atoms with Crippen LogP contribution in [0.25, 0.3) is 0 Å². The van der Waals surface area contributed by atoms with Crippen molar-refractivity contribution in [1.82, 2.24) is 0 Å². The second kappa shape index (κ2) is 10.3. The van der Waals surface area contributed by atoms with Crippen LogP contribution in [-0.4, -0.2) is 30.6 Å². The summed E-state index contributed by atoms with van der Waals surface area (Å²) in [4.78, 5) is 22.0. The first-order chi connectivity index (χ1) is 10.1. The Balaban J connectivity index is 2.10. The Morgan fingerprint density at radius 1 is 1.05 bits per heavy atom. The number of carbonyl (C=O) groups excluding carboxylic acids is 2. The topological polar surface area (TPSA) is 52.6 Å². The maximum Gasteiger partial charge on any atom is 0.337 e. The number of rotatable bonds is 9. The number of unbranched alkanes of at least 4 members (excludes halogenated alkanes) is 3. The number of thioether (sulfide) groups is 1. The highest BCUT2D eigenvalue weighted by atomic mass is 32.2. The molecule has 0 amide bonds. The lowest BCUT2D eigenvalue weighted by Crippen LogP contribution is -2.01. The third kappa shape index (κ3) is 7.75. The van der Waals surface area contributed by atoms with Crippen LogP contribution in [0.15, 0.2) is 24.3 Å². The van der Waals surface area contributed by atoms with Gasteiger partial charge >= 0.3 is 5.97 Å². The lowest BCUT2D eigenvalue weighted by Gasteiger charge is -2.06. The molecule has 0 aliphatic rings. The van der Waals surface area contributed by atoms with E-state index in [2.05, 4.69) is 4.74 Å². The van der Waals surface area contributed by atoms with Gasteiger partial charge in [0, 0.05) is 12.7 Å². The zero-order valence-corrected chi connectivity index (χ0v) is 13.4. The number of hydrogen-bond acceptors (Lipinski definition) is 5. The first-order valence-corrected chi connectivity index (χ1v) is 8.06. The van der Waals surface area contributed by atoms with Crippen LogP contribution >= 0.6 is 11.8 Å². The molecular formula is C16H22O4S. The van der Waals surface area contributed by atoms with Crippen LogP contribution in [0.2, 0.25) is 0 Å². The summed E-state index contributed by atoms with van der Waals surface area (Å²) in [6.45, 7) is 2.27. The molecule has 0 heterocycles. The Morgan fingerprint density at radius 2 is 1.71 bits per heavy atom. The normalized spacial score (nSPS) is 10.2. The predicted octanol–water partition coefficient (Wildman–Crippen LogP) is 3.69. The van der Waals surface area contributed by atoms with Crippen molar-refractivity contribution >= 4 is 22.8 Å². The van der Waals surface area contributed by atoms with Gasteiger partial charge in [-0.1, -0.05) is 24.6 Å². The molecule has 4 nitrogen and oxygen atoms in total. The van der Waals surface area contributed by atoms with E-state index >= 15 is 0 Å². The molecule has 1 aromatic carbocycles. The molecule has 0 bridgehead atoms. The molecule has 0 saturated carbocycles. The molecule has 0 aliphatic carbocycles. The molecule has 0 saturated heterocycles. The minimum absolute atomic E-state index is 0.189. The number of esters is 1. The molecule has 1 rings (SSSR count). The summed E-state index contributed by atoms with van der Waals surface area (Å²) in [5, 5.41) is 0.189. The zero-order valence-electron chi connectivity index (χ0n) is 12.6. The van der Waals surface area contributed by atoms with E-state index in [1.165, 1.54) is 18.9 Å². The minimum atomic E-state index is -0.343. The molecule has 116 valence electrons. The van der Waals surface area contributed by atoms with Crippen molar-refractivity contribution < 1.29 is 19.1 Å². The number of hydrogen-bond donors (Lipinski definition) is 0. The van der Waals surface area contributed by atoms with Crippen LogP contribution in [0.5, 0.6) is 5.75 Å². The molecule has 5 heteroatoms. The summed E-state index contributed by atoms with van der Waals surface area (Å²) >= 11 is 1.39. The Morgan fingerprint density at radius 3 is 2.33 bits per heavy atom. The van der Waals surface area contributed by atoms with Crippen molar-refractivity contribution in [1.29, 1.82) is 0 Å². The monoisotopic (exact) mass is 310 g/mol. The standard InChI is InChI=1S/C16H22O4S/c1-13(17)21-12-6-4-3-5-11-20-15-9-7-14(8-10-15)16(18)19-2/h7-10H,3-6,11-12H2,1-2H3. The van der Waals surface area contributed by atoms with Crippen molar-refractivity contribution in [2.24, 2.45) is 0 Å². The summed E-state index contributed by atoms with van der Waals surface area (Å²) in [6.07, 6.45) is 4.27. The average molecular weight is 310 g/mol. The number of ether oxygens (including phenoxy) is 2. The van der Waals surface area contributed by atoms with Gasteiger partial charge in [0.05, 0.1) is 19.3 Å². The van der Waals surface area contributed by atoms with E-state index in [0.29, 0.717) is 12.2 Å². The predicted molar refractivity (Wildman–Crippen MR) is 84.9 cm³/mol. The van der Waals surface area contributed by atoms with Gasteiger partial charge < -0.3 is 9.47 Å². The lowest BCUT2D eigenvalue weighted by molar-refractivity contribution is -0.109. The fourth-order valence-electron chi connectivity index (χ4n) is 1.77. The molecule has 0 radical (unpaired) electrons. The van der Waals surface area contributed by atoms with Crippen LogP contribution in [-0.2, 0) is 9.53 Å². The van der Waals surface area contributed by atoms with E-state index < -0.39 is 0 Å².